The van der Waals surface area contributed by atoms with Crippen LogP contribution in [0.25, 0.3) is 11.0 Å². The predicted molar refractivity (Wildman–Crippen MR) is 152 cm³/mol. The van der Waals surface area contributed by atoms with Crippen LogP contribution >= 0.6 is 0 Å². The molecule has 0 saturated carbocycles. The monoisotopic (exact) mass is 520 g/mol. The topological polar surface area (TPSA) is 67.1 Å². The molecule has 4 rings (SSSR count). The number of allylic oxidation sites excluding steroid dienone is 4. The van der Waals surface area contributed by atoms with Gasteiger partial charge in [0.05, 0.1) is 5.52 Å². The number of benzene rings is 1. The number of aryl methyl sites for hydroxylation is 1. The number of imidazole rings is 1. The van der Waals surface area contributed by atoms with Crippen molar-refractivity contribution in [2.24, 2.45) is 10.9 Å². The van der Waals surface area contributed by atoms with Crippen molar-refractivity contribution < 1.29 is 8.78 Å². The van der Waals surface area contributed by atoms with Gasteiger partial charge in [0.25, 0.3) is 0 Å². The van der Waals surface area contributed by atoms with Crippen LogP contribution in [0.1, 0.15) is 69.4 Å². The largest absolute Gasteiger partial charge is 0.351 e. The van der Waals surface area contributed by atoms with Crippen molar-refractivity contribution in [3.63, 3.8) is 0 Å². The summed E-state index contributed by atoms with van der Waals surface area (Å²) >= 11 is 0. The van der Waals surface area contributed by atoms with E-state index in [2.05, 4.69) is 38.6 Å². The van der Waals surface area contributed by atoms with E-state index in [1.165, 1.54) is 24.1 Å². The molecule has 0 spiro atoms. The first kappa shape index (κ1) is 27.6. The van der Waals surface area contributed by atoms with Crippen LogP contribution in [0.4, 0.5) is 14.6 Å². The van der Waals surface area contributed by atoms with Crippen molar-refractivity contribution in [1.29, 1.82) is 0 Å². The number of nitrogens with one attached hydrogen (secondary N) is 2. The lowest BCUT2D eigenvalue weighted by Gasteiger charge is -2.18. The van der Waals surface area contributed by atoms with Crippen LogP contribution < -0.4 is 10.6 Å². The second-order valence-electron chi connectivity index (χ2n) is 10.2. The standard InChI is InChI=1S/C30H38F2N6/c1-6-7-8-9-25(31)29(24-14-26(32)30-27(15-24)38(19(2)3)21(5)37-30)36-18-35-28-11-10-22(17-34-28)20(4)23-12-13-33-16-23/h7-11,14-15,17,19-20,23,33H,6,12-13,16,18H2,1-5H3,(H,34,35)/b8-7+,25-9+,36-29?/t20?,23-/m1/s1. The smallest absolute Gasteiger partial charge is 0.151 e. The fraction of sp³-hybridized carbons (Fsp3) is 0.433. The van der Waals surface area contributed by atoms with Crippen LogP contribution in [-0.4, -0.2) is 40.0 Å². The minimum atomic E-state index is -0.537. The highest BCUT2D eigenvalue weighted by Gasteiger charge is 2.23. The molecule has 3 heterocycles. The average Bonchev–Trinajstić information content (AvgIpc) is 3.54. The minimum absolute atomic E-state index is 0.0753. The number of hydrogen-bond acceptors (Lipinski definition) is 5. The Balaban J connectivity index is 1.60. The van der Waals surface area contributed by atoms with Crippen LogP contribution in [0.3, 0.4) is 0 Å². The maximum atomic E-state index is 15.4. The van der Waals surface area contributed by atoms with Crippen molar-refractivity contribution in [2.75, 3.05) is 25.1 Å². The quantitative estimate of drug-likeness (QED) is 0.227. The van der Waals surface area contributed by atoms with Gasteiger partial charge in [-0.15, -0.1) is 0 Å². The van der Waals surface area contributed by atoms with Crippen molar-refractivity contribution in [3.05, 3.63) is 77.3 Å². The fourth-order valence-corrected chi connectivity index (χ4v) is 5.08. The number of halogens is 2. The Hall–Kier alpha value is -3.39. The summed E-state index contributed by atoms with van der Waals surface area (Å²) in [5, 5.41) is 6.57. The van der Waals surface area contributed by atoms with Gasteiger partial charge in [-0.25, -0.2) is 18.7 Å². The number of hydrogen-bond donors (Lipinski definition) is 2. The normalized spacial score (nSPS) is 17.7. The Morgan fingerprint density at radius 2 is 2.11 bits per heavy atom. The third kappa shape index (κ3) is 6.18. The number of fused-ring (bicyclic) bond motifs is 1. The Kier molecular flexibility index (Phi) is 9.05. The van der Waals surface area contributed by atoms with E-state index in [-0.39, 0.29) is 23.9 Å². The molecule has 202 valence electrons. The van der Waals surface area contributed by atoms with E-state index >= 15 is 8.78 Å². The van der Waals surface area contributed by atoms with Gasteiger partial charge in [-0.3, -0.25) is 4.99 Å². The maximum absolute atomic E-state index is 15.4. The molecular weight excluding hydrogens is 482 g/mol. The summed E-state index contributed by atoms with van der Waals surface area (Å²) in [6.45, 7) is 12.3. The Morgan fingerprint density at radius 3 is 2.76 bits per heavy atom. The van der Waals surface area contributed by atoms with Gasteiger partial charge in [-0.1, -0.05) is 32.1 Å². The first-order valence-electron chi connectivity index (χ1n) is 13.5. The van der Waals surface area contributed by atoms with E-state index in [0.717, 1.165) is 19.5 Å². The summed E-state index contributed by atoms with van der Waals surface area (Å²) in [4.78, 5) is 13.4. The molecule has 3 aromatic rings. The second-order valence-corrected chi connectivity index (χ2v) is 10.2. The predicted octanol–water partition coefficient (Wildman–Crippen LogP) is 6.85. The zero-order valence-corrected chi connectivity index (χ0v) is 22.9. The summed E-state index contributed by atoms with van der Waals surface area (Å²) in [7, 11) is 0. The summed E-state index contributed by atoms with van der Waals surface area (Å²) in [6, 6.07) is 7.15. The van der Waals surface area contributed by atoms with E-state index in [0.29, 0.717) is 34.6 Å². The van der Waals surface area contributed by atoms with Gasteiger partial charge in [0, 0.05) is 17.8 Å². The number of pyridine rings is 1. The van der Waals surface area contributed by atoms with Gasteiger partial charge in [0.2, 0.25) is 0 Å². The average molecular weight is 521 g/mol. The van der Waals surface area contributed by atoms with Gasteiger partial charge < -0.3 is 15.2 Å². The molecule has 38 heavy (non-hydrogen) atoms. The molecule has 0 amide bonds. The van der Waals surface area contributed by atoms with Gasteiger partial charge >= 0.3 is 0 Å². The lowest BCUT2D eigenvalue weighted by Crippen LogP contribution is -2.14. The Morgan fingerprint density at radius 1 is 1.29 bits per heavy atom. The molecule has 2 N–H and O–H groups in total. The Labute approximate surface area is 224 Å². The highest BCUT2D eigenvalue weighted by atomic mass is 19.1. The zero-order valence-electron chi connectivity index (χ0n) is 22.9. The molecule has 1 aromatic carbocycles. The number of anilines is 1. The number of aromatic nitrogens is 3. The van der Waals surface area contributed by atoms with Gasteiger partial charge in [0.1, 0.15) is 35.4 Å². The molecule has 0 aliphatic carbocycles. The van der Waals surface area contributed by atoms with Gasteiger partial charge in [-0.2, -0.15) is 0 Å². The summed E-state index contributed by atoms with van der Waals surface area (Å²) in [6.07, 6.45) is 8.71. The minimum Gasteiger partial charge on any atom is -0.351 e. The molecule has 1 unspecified atom stereocenters. The lowest BCUT2D eigenvalue weighted by atomic mass is 9.88. The lowest BCUT2D eigenvalue weighted by molar-refractivity contribution is 0.486. The zero-order chi connectivity index (χ0) is 27.2. The van der Waals surface area contributed by atoms with Crippen LogP contribution in [0.15, 0.2) is 59.5 Å². The molecule has 2 aromatic heterocycles. The third-order valence-electron chi connectivity index (χ3n) is 7.17. The number of aliphatic imine (C=N–C) groups is 1. The maximum Gasteiger partial charge on any atom is 0.151 e. The third-order valence-corrected chi connectivity index (χ3v) is 7.17. The molecule has 0 bridgehead atoms. The van der Waals surface area contributed by atoms with E-state index in [1.807, 2.05) is 50.6 Å². The molecule has 1 saturated heterocycles. The SMILES string of the molecule is CC/C=C/C=C(/F)C(=NCNc1ccc(C(C)[C@@H]2CCNC2)cn1)c1cc(F)c2nc(C)n(C(C)C)c2c1. The van der Waals surface area contributed by atoms with Gasteiger partial charge in [0.15, 0.2) is 5.82 Å². The molecular formula is C30H38F2N6. The number of rotatable bonds is 10. The molecule has 2 atom stereocenters. The Bertz CT molecular complexity index is 1330. The van der Waals surface area contributed by atoms with E-state index < -0.39 is 11.6 Å². The van der Waals surface area contributed by atoms with Crippen LogP contribution in [-0.2, 0) is 0 Å². The summed E-state index contributed by atoms with van der Waals surface area (Å²) in [5.41, 5.74) is 2.53. The van der Waals surface area contributed by atoms with Gasteiger partial charge in [-0.05, 0) is 88.4 Å². The van der Waals surface area contributed by atoms with Crippen molar-refractivity contribution in [2.45, 2.75) is 59.4 Å². The summed E-state index contributed by atoms with van der Waals surface area (Å²) < 4.78 is 32.4. The first-order valence-corrected chi connectivity index (χ1v) is 13.5. The molecule has 6 nitrogen and oxygen atoms in total. The summed E-state index contributed by atoms with van der Waals surface area (Å²) in [5.74, 6) is 1.37. The second kappa shape index (κ2) is 12.4. The van der Waals surface area contributed by atoms with E-state index in [4.69, 9.17) is 0 Å². The fourth-order valence-electron chi connectivity index (χ4n) is 5.08. The highest BCUT2D eigenvalue weighted by molar-refractivity contribution is 6.12. The van der Waals surface area contributed by atoms with Crippen LogP contribution in [0, 0.1) is 18.7 Å². The molecule has 1 fully saturated rings. The van der Waals surface area contributed by atoms with E-state index in [9.17, 15) is 0 Å². The number of nitrogens with zero attached hydrogens (tertiary/aromatic N) is 4. The van der Waals surface area contributed by atoms with Crippen LogP contribution in [0.2, 0.25) is 0 Å². The highest BCUT2D eigenvalue weighted by Crippen LogP contribution is 2.29. The van der Waals surface area contributed by atoms with Crippen molar-refractivity contribution in [3.8, 4) is 0 Å². The molecule has 0 radical (unpaired) electrons. The molecule has 8 heteroatoms. The van der Waals surface area contributed by atoms with Crippen molar-refractivity contribution >= 4 is 22.6 Å². The van der Waals surface area contributed by atoms with Crippen molar-refractivity contribution in [1.82, 2.24) is 19.9 Å². The molecule has 1 aliphatic heterocycles. The van der Waals surface area contributed by atoms with E-state index in [1.54, 1.807) is 12.1 Å². The van der Waals surface area contributed by atoms with Crippen LogP contribution in [0.5, 0.6) is 0 Å². The first-order chi connectivity index (χ1) is 18.3. The molecule has 1 aliphatic rings.